The Morgan fingerprint density at radius 2 is 1.59 bits per heavy atom. The number of Topliss-reactive ketones (excluding diaryl/α,β-unsaturated/α-hetero) is 1. The van der Waals surface area contributed by atoms with Crippen LogP contribution in [-0.4, -0.2) is 47.0 Å². The molecule has 2 amide bonds. The topological polar surface area (TPSA) is 131 Å². The van der Waals surface area contributed by atoms with E-state index in [0.29, 0.717) is 5.56 Å². The number of amides is 2. The molecule has 2 aromatic carbocycles. The van der Waals surface area contributed by atoms with Crippen LogP contribution in [0, 0.1) is 5.41 Å². The maximum atomic E-state index is 13.0. The molecule has 0 aliphatic rings. The van der Waals surface area contributed by atoms with E-state index in [1.54, 1.807) is 53.7 Å². The molecule has 0 saturated carbocycles. The Bertz CT molecular complexity index is 1120. The average molecular weight is 513 g/mol. The minimum absolute atomic E-state index is 0.0565. The maximum absolute atomic E-state index is 13.0. The highest BCUT2D eigenvalue weighted by molar-refractivity contribution is 6.01. The number of benzene rings is 2. The largest absolute Gasteiger partial charge is 0.508 e. The Balaban J connectivity index is 2.18. The average Bonchev–Trinajstić information content (AvgIpc) is 2.80. The van der Waals surface area contributed by atoms with E-state index in [2.05, 4.69) is 10.6 Å². The van der Waals surface area contributed by atoms with E-state index in [1.807, 2.05) is 18.2 Å². The van der Waals surface area contributed by atoms with Crippen molar-refractivity contribution in [3.05, 3.63) is 65.2 Å². The minimum Gasteiger partial charge on any atom is -0.508 e. The van der Waals surface area contributed by atoms with Crippen LogP contribution in [0.2, 0.25) is 0 Å². The first-order valence-corrected chi connectivity index (χ1v) is 12.0. The Hall–Kier alpha value is -3.88. The highest BCUT2D eigenvalue weighted by Crippen LogP contribution is 2.27. The standard InChI is InChI=1S/C28H36N2O7/c1-27(2,3)24(33)21-15-20(31)13-12-19(21)14-22(30-26(35)37-28(4,5)6)25(34)29-16-23(32)36-17-18-10-8-7-9-11-18/h7-13,15,22,31H,14,16-17H2,1-6H3,(H,29,34)(H,30,35)/t22-/m0/s1. The lowest BCUT2D eigenvalue weighted by Gasteiger charge is -2.25. The summed E-state index contributed by atoms with van der Waals surface area (Å²) in [5, 5.41) is 15.0. The third-order valence-corrected chi connectivity index (χ3v) is 5.10. The summed E-state index contributed by atoms with van der Waals surface area (Å²) in [4.78, 5) is 50.7. The number of hydrogen-bond acceptors (Lipinski definition) is 7. The van der Waals surface area contributed by atoms with Crippen molar-refractivity contribution in [3.8, 4) is 5.75 Å². The van der Waals surface area contributed by atoms with Gasteiger partial charge >= 0.3 is 12.1 Å². The van der Waals surface area contributed by atoms with E-state index in [0.717, 1.165) is 5.56 Å². The van der Waals surface area contributed by atoms with E-state index in [-0.39, 0.29) is 30.1 Å². The van der Waals surface area contributed by atoms with Crippen LogP contribution < -0.4 is 10.6 Å². The van der Waals surface area contributed by atoms with Crippen molar-refractivity contribution in [2.75, 3.05) is 6.54 Å². The second kappa shape index (κ2) is 12.4. The molecule has 3 N–H and O–H groups in total. The van der Waals surface area contributed by atoms with Gasteiger partial charge in [-0.1, -0.05) is 57.2 Å². The molecule has 9 nitrogen and oxygen atoms in total. The molecule has 37 heavy (non-hydrogen) atoms. The monoisotopic (exact) mass is 512 g/mol. The lowest BCUT2D eigenvalue weighted by Crippen LogP contribution is -2.50. The number of carbonyl (C=O) groups is 4. The van der Waals surface area contributed by atoms with Crippen molar-refractivity contribution in [3.63, 3.8) is 0 Å². The lowest BCUT2D eigenvalue weighted by molar-refractivity contribution is -0.145. The fourth-order valence-electron chi connectivity index (χ4n) is 3.31. The molecule has 0 fully saturated rings. The van der Waals surface area contributed by atoms with Gasteiger partial charge in [0.15, 0.2) is 5.78 Å². The number of esters is 1. The summed E-state index contributed by atoms with van der Waals surface area (Å²) in [7, 11) is 0. The Kier molecular flexibility index (Phi) is 9.82. The van der Waals surface area contributed by atoms with Gasteiger partial charge in [0, 0.05) is 17.4 Å². The molecule has 1 atom stereocenters. The fourth-order valence-corrected chi connectivity index (χ4v) is 3.31. The van der Waals surface area contributed by atoms with Gasteiger partial charge in [-0.05, 0) is 44.0 Å². The SMILES string of the molecule is CC(C)(C)OC(=O)N[C@@H](Cc1ccc(O)cc1C(=O)C(C)(C)C)C(=O)NCC(=O)OCc1ccccc1. The summed E-state index contributed by atoms with van der Waals surface area (Å²) in [6, 6.07) is 12.2. The first kappa shape index (κ1) is 29.4. The van der Waals surface area contributed by atoms with Gasteiger partial charge in [-0.3, -0.25) is 14.4 Å². The number of phenols is 1. The van der Waals surface area contributed by atoms with E-state index in [4.69, 9.17) is 9.47 Å². The van der Waals surface area contributed by atoms with Crippen LogP contribution >= 0.6 is 0 Å². The fraction of sp³-hybridized carbons (Fsp3) is 0.429. The zero-order valence-corrected chi connectivity index (χ0v) is 22.2. The van der Waals surface area contributed by atoms with Crippen molar-refractivity contribution in [1.29, 1.82) is 0 Å². The number of rotatable bonds is 9. The van der Waals surface area contributed by atoms with Gasteiger partial charge in [-0.15, -0.1) is 0 Å². The van der Waals surface area contributed by atoms with E-state index in [9.17, 15) is 24.3 Å². The number of carbonyl (C=O) groups excluding carboxylic acids is 4. The molecule has 0 heterocycles. The molecule has 0 aliphatic carbocycles. The smallest absolute Gasteiger partial charge is 0.408 e. The number of ketones is 1. The lowest BCUT2D eigenvalue weighted by atomic mass is 9.83. The van der Waals surface area contributed by atoms with Gasteiger partial charge in [0.25, 0.3) is 0 Å². The molecule has 9 heteroatoms. The number of nitrogens with one attached hydrogen (secondary N) is 2. The summed E-state index contributed by atoms with van der Waals surface area (Å²) in [6.07, 6.45) is -0.913. The normalized spacial score (nSPS) is 12.3. The van der Waals surface area contributed by atoms with Crippen molar-refractivity contribution in [2.45, 2.75) is 66.2 Å². The van der Waals surface area contributed by atoms with Crippen molar-refractivity contribution < 1.29 is 33.8 Å². The number of hydrogen-bond donors (Lipinski definition) is 3. The van der Waals surface area contributed by atoms with Crippen LogP contribution in [-0.2, 0) is 32.1 Å². The molecule has 0 bridgehead atoms. The van der Waals surface area contributed by atoms with Crippen molar-refractivity contribution >= 4 is 23.8 Å². The van der Waals surface area contributed by atoms with Crippen molar-refractivity contribution in [2.24, 2.45) is 5.41 Å². The van der Waals surface area contributed by atoms with Crippen LogP contribution in [0.4, 0.5) is 4.79 Å². The minimum atomic E-state index is -1.17. The molecule has 200 valence electrons. The number of phenolic OH excluding ortho intramolecular Hbond substituents is 1. The maximum Gasteiger partial charge on any atom is 0.408 e. The zero-order chi connectivity index (χ0) is 27.8. The summed E-state index contributed by atoms with van der Waals surface area (Å²) >= 11 is 0. The van der Waals surface area contributed by atoms with Gasteiger partial charge in [0.1, 0.15) is 30.5 Å². The summed E-state index contributed by atoms with van der Waals surface area (Å²) in [6.45, 7) is 9.93. The van der Waals surface area contributed by atoms with E-state index < -0.39 is 41.6 Å². The summed E-state index contributed by atoms with van der Waals surface area (Å²) in [5.74, 6) is -1.65. The molecule has 2 rings (SSSR count). The third kappa shape index (κ3) is 9.95. The van der Waals surface area contributed by atoms with Crippen LogP contribution in [0.3, 0.4) is 0 Å². The number of ether oxygens (including phenoxy) is 2. The van der Waals surface area contributed by atoms with E-state index >= 15 is 0 Å². The molecule has 0 spiro atoms. The molecular weight excluding hydrogens is 476 g/mol. The van der Waals surface area contributed by atoms with Crippen LogP contribution in [0.25, 0.3) is 0 Å². The zero-order valence-electron chi connectivity index (χ0n) is 22.2. The molecule has 0 radical (unpaired) electrons. The van der Waals surface area contributed by atoms with Gasteiger partial charge in [0.2, 0.25) is 5.91 Å². The molecular formula is C28H36N2O7. The molecule has 2 aromatic rings. The van der Waals surface area contributed by atoms with Gasteiger partial charge in [-0.25, -0.2) is 4.79 Å². The Morgan fingerprint density at radius 1 is 0.946 bits per heavy atom. The summed E-state index contributed by atoms with van der Waals surface area (Å²) in [5.41, 5.74) is -0.0752. The summed E-state index contributed by atoms with van der Waals surface area (Å²) < 4.78 is 10.5. The molecule has 0 saturated heterocycles. The number of aromatic hydroxyl groups is 1. The first-order chi connectivity index (χ1) is 17.2. The molecule has 0 unspecified atom stereocenters. The second-order valence-electron chi connectivity index (χ2n) is 10.7. The predicted molar refractivity (Wildman–Crippen MR) is 138 cm³/mol. The first-order valence-electron chi connectivity index (χ1n) is 12.0. The van der Waals surface area contributed by atoms with Gasteiger partial charge < -0.3 is 25.2 Å². The van der Waals surface area contributed by atoms with Gasteiger partial charge in [-0.2, -0.15) is 0 Å². The number of alkyl carbamates (subject to hydrolysis) is 1. The van der Waals surface area contributed by atoms with E-state index in [1.165, 1.54) is 18.2 Å². The van der Waals surface area contributed by atoms with Crippen LogP contribution in [0.1, 0.15) is 63.0 Å². The second-order valence-corrected chi connectivity index (χ2v) is 10.7. The quantitative estimate of drug-likeness (QED) is 0.343. The highest BCUT2D eigenvalue weighted by Gasteiger charge is 2.30. The highest BCUT2D eigenvalue weighted by atomic mass is 16.6. The third-order valence-electron chi connectivity index (χ3n) is 5.10. The Labute approximate surface area is 217 Å². The van der Waals surface area contributed by atoms with Gasteiger partial charge in [0.05, 0.1) is 0 Å². The molecule has 0 aromatic heterocycles. The van der Waals surface area contributed by atoms with Crippen molar-refractivity contribution in [1.82, 2.24) is 10.6 Å². The Morgan fingerprint density at radius 3 is 2.19 bits per heavy atom. The van der Waals surface area contributed by atoms with Crippen LogP contribution in [0.5, 0.6) is 5.75 Å². The molecule has 0 aliphatic heterocycles. The predicted octanol–water partition coefficient (Wildman–Crippen LogP) is 3.92. The van der Waals surface area contributed by atoms with Crippen LogP contribution in [0.15, 0.2) is 48.5 Å².